The summed E-state index contributed by atoms with van der Waals surface area (Å²) in [5.41, 5.74) is 13.8. The van der Waals surface area contributed by atoms with Crippen molar-refractivity contribution < 1.29 is 107 Å². The smallest absolute Gasteiger partial charge is 0.431 e. The summed E-state index contributed by atoms with van der Waals surface area (Å²) in [4.78, 5) is 204. The predicted octanol–water partition coefficient (Wildman–Crippen LogP) is -1.61. The van der Waals surface area contributed by atoms with Gasteiger partial charge in [0.2, 0.25) is 35.4 Å². The van der Waals surface area contributed by atoms with E-state index < -0.39 is 176 Å². The first kappa shape index (κ1) is 84.4. The van der Waals surface area contributed by atoms with Crippen LogP contribution in [0.4, 0.5) is 26.4 Å². The van der Waals surface area contributed by atoms with Gasteiger partial charge in [0, 0.05) is 75.3 Å². The molecule has 0 bridgehead atoms. The van der Waals surface area contributed by atoms with E-state index in [4.69, 9.17) is 37.4 Å². The Morgan fingerprint density at radius 2 is 1.31 bits per heavy atom. The highest BCUT2D eigenvalue weighted by atomic mass is 35.5. The van der Waals surface area contributed by atoms with Gasteiger partial charge in [-0.25, -0.2) is 34.1 Å². The summed E-state index contributed by atoms with van der Waals surface area (Å²) >= 11 is 6.91. The number of carboxylic acids is 5. The molecule has 0 unspecified atom stereocenters. The minimum Gasteiger partial charge on any atom is -0.481 e. The van der Waals surface area contributed by atoms with Gasteiger partial charge in [-0.1, -0.05) is 51.1 Å². The number of hydrogen-bond donors (Lipinski definition) is 17. The number of aliphatic carboxylic acids is 5. The van der Waals surface area contributed by atoms with Crippen LogP contribution in [0.3, 0.4) is 0 Å². The first-order valence-corrected chi connectivity index (χ1v) is 33.8. The van der Waals surface area contributed by atoms with Gasteiger partial charge in [0.15, 0.2) is 17.7 Å². The van der Waals surface area contributed by atoms with Gasteiger partial charge in [-0.2, -0.15) is 5.48 Å². The molecule has 3 heterocycles. The molecule has 40 nitrogen and oxygen atoms in total. The molecule has 3 rings (SSSR count). The molecule has 0 aliphatic carbocycles. The molecule has 19 N–H and O–H groups in total. The van der Waals surface area contributed by atoms with Crippen molar-refractivity contribution in [1.82, 2.24) is 67.9 Å². The number of nitrogens with one attached hydrogen (secondary N) is 10. The molecule has 9 amide bonds. The number of hydroxylamine groups is 1. The molecule has 0 radical (unpaired) electrons. The summed E-state index contributed by atoms with van der Waals surface area (Å²) in [5.74, 6) is -15.5. The molecule has 0 aromatic carbocycles. The SMILES string of the molecule is C=C(C)/C(=C/Cl)NC(=O)c1cnc(Nc2cc(N3CCN(CCNC(=O)OCCSSC[C@H](NC(=O)[C@H](CC(=O)O)NC(=O)[C@H](CC(=O)O)NC(=O)[C@H](CCCN=C(N)N)NC(=O)[C@H](CC(=O)O)NC(=O)CC[C@H](NC(=O)CONC(=O)OC(C)(C)C)C(=O)O)C(=O)O)CC3)nc(C)n2)s1. The second-order valence-electron chi connectivity index (χ2n) is 22.4. The third-order valence-electron chi connectivity index (χ3n) is 13.0. The fraction of sp³-hybridized carbons (Fsp3) is 0.536. The lowest BCUT2D eigenvalue weighted by Crippen LogP contribution is -2.59. The number of hydrogen-bond acceptors (Lipinski definition) is 27. The molecular formula is C56H81ClN18O22S3. The quantitative estimate of drug-likeness (QED) is 0.00887. The fourth-order valence-electron chi connectivity index (χ4n) is 8.33. The van der Waals surface area contributed by atoms with Gasteiger partial charge in [-0.05, 0) is 59.5 Å². The van der Waals surface area contributed by atoms with Gasteiger partial charge in [0.25, 0.3) is 5.91 Å². The highest BCUT2D eigenvalue weighted by molar-refractivity contribution is 8.76. The number of piperazine rings is 1. The number of nitrogens with two attached hydrogens (primary N) is 2. The summed E-state index contributed by atoms with van der Waals surface area (Å²) in [7, 11) is 1.96. The number of carbonyl (C=O) groups is 14. The van der Waals surface area contributed by atoms with Crippen LogP contribution in [0.5, 0.6) is 0 Å². The largest absolute Gasteiger partial charge is 0.481 e. The third-order valence-corrected chi connectivity index (χ3v) is 16.5. The van der Waals surface area contributed by atoms with Crippen LogP contribution in [0.15, 0.2) is 40.6 Å². The number of aromatic nitrogens is 3. The second-order valence-corrected chi connectivity index (χ2v) is 26.3. The highest BCUT2D eigenvalue weighted by Gasteiger charge is 2.36. The van der Waals surface area contributed by atoms with E-state index >= 15 is 0 Å². The molecule has 0 saturated carbocycles. The summed E-state index contributed by atoms with van der Waals surface area (Å²) in [6, 6.07) is -9.83. The first-order valence-electron chi connectivity index (χ1n) is 30.1. The Kier molecular flexibility index (Phi) is 36.2. The number of anilines is 3. The van der Waals surface area contributed by atoms with Gasteiger partial charge in [0.1, 0.15) is 70.8 Å². The number of alkyl carbamates (subject to hydrolysis) is 1. The van der Waals surface area contributed by atoms with Crippen molar-refractivity contribution in [1.29, 1.82) is 0 Å². The highest BCUT2D eigenvalue weighted by Crippen LogP contribution is 2.26. The van der Waals surface area contributed by atoms with Crippen molar-refractivity contribution in [2.45, 2.75) is 121 Å². The van der Waals surface area contributed by atoms with E-state index in [0.717, 1.165) is 32.9 Å². The van der Waals surface area contributed by atoms with E-state index in [1.54, 1.807) is 40.7 Å². The number of allylic oxidation sites excluding steroid dienone is 1. The number of rotatable bonds is 43. The minimum atomic E-state index is -2.17. The summed E-state index contributed by atoms with van der Waals surface area (Å²) in [5, 5.41) is 70.0. The van der Waals surface area contributed by atoms with E-state index in [-0.39, 0.29) is 37.6 Å². The number of carbonyl (C=O) groups excluding carboxylic acids is 9. The number of halogens is 1. The van der Waals surface area contributed by atoms with Crippen LogP contribution in [0.2, 0.25) is 0 Å². The maximum Gasteiger partial charge on any atom is 0.431 e. The number of guanidine groups is 1. The normalized spacial score (nSPS) is 14.1. The zero-order valence-corrected chi connectivity index (χ0v) is 58.0. The molecule has 1 aliphatic heterocycles. The number of aryl methyl sites for hydroxylation is 1. The number of nitrogens with zero attached hydrogens (tertiary/aromatic N) is 6. The van der Waals surface area contributed by atoms with Crippen molar-refractivity contribution in [3.63, 3.8) is 0 Å². The molecule has 6 atom stereocenters. The number of amides is 9. The Bertz CT molecular complexity index is 3330. The third kappa shape index (κ3) is 33.6. The predicted molar refractivity (Wildman–Crippen MR) is 359 cm³/mol. The Labute approximate surface area is 587 Å². The maximum atomic E-state index is 13.9. The molecule has 2 aromatic rings. The number of carboxylic acid groups (broad SMARTS) is 5. The maximum absolute atomic E-state index is 13.9. The molecule has 2 aromatic heterocycles. The van der Waals surface area contributed by atoms with Crippen molar-refractivity contribution in [2.75, 3.05) is 80.7 Å². The fourth-order valence-corrected chi connectivity index (χ4v) is 11.3. The van der Waals surface area contributed by atoms with Gasteiger partial charge in [0.05, 0.1) is 31.2 Å². The van der Waals surface area contributed by atoms with Crippen molar-refractivity contribution in [3.05, 3.63) is 46.3 Å². The van der Waals surface area contributed by atoms with Crippen LogP contribution in [-0.2, 0) is 67.1 Å². The standard InChI is InChI=1S/C56H81ClN18O22S3/c1-28(2)35(24-57)70-49(88)37-25-62-53(100-37)72-38-23-39(64-29(3)63-38)75-16-14-74(15-17-75)13-12-61-54(93)95-18-19-98-99-27-36(51(91)92)71-48(87)34(22-44(82)83)69-47(86)33(21-43(80)81)68-45(84)30(8-7-11-60-52(58)59)67-46(85)32(20-42(78)79)66-40(76)10-9-31(50(89)90)65-41(77)26-96-73-55(94)97-56(4,5)6/h23-25,30-34,36H,1,7-22,26-27H2,2-6H3,(H,61,93)(H,65,77)(H,66,76)(H,67,85)(H,68,84)(H,69,86)(H,70,88)(H,71,87)(H,73,94)(H,78,79)(H,80,81)(H,82,83)(H,89,90)(H,91,92)(H4,58,59,60)(H,62,63,64,72)/b35-24-/t30-,31-,32-,33-,34-,36-/m0/s1. The number of ether oxygens (including phenoxy) is 2. The molecule has 1 saturated heterocycles. The second kappa shape index (κ2) is 42.8. The van der Waals surface area contributed by atoms with Gasteiger partial charge in [-0.15, -0.1) is 0 Å². The van der Waals surface area contributed by atoms with Crippen LogP contribution < -0.4 is 69.7 Å². The van der Waals surface area contributed by atoms with Crippen LogP contribution in [0.1, 0.15) is 88.1 Å². The lowest BCUT2D eigenvalue weighted by Gasteiger charge is -2.35. The average molecular weight is 1490 g/mol. The van der Waals surface area contributed by atoms with Crippen molar-refractivity contribution in [2.24, 2.45) is 16.5 Å². The molecule has 44 heteroatoms. The number of aliphatic imine (C=N–C) groups is 1. The zero-order valence-electron chi connectivity index (χ0n) is 54.7. The Hall–Kier alpha value is -9.85. The van der Waals surface area contributed by atoms with Gasteiger partial charge < -0.3 is 99.2 Å². The van der Waals surface area contributed by atoms with Crippen molar-refractivity contribution in [3.8, 4) is 0 Å². The first-order chi connectivity index (χ1) is 47.0. The Morgan fingerprint density at radius 1 is 0.750 bits per heavy atom. The minimum absolute atomic E-state index is 0.125. The lowest BCUT2D eigenvalue weighted by molar-refractivity contribution is -0.145. The average Bonchev–Trinajstić information content (AvgIpc) is 1.38. The van der Waals surface area contributed by atoms with E-state index in [2.05, 4.69) is 73.5 Å². The van der Waals surface area contributed by atoms with Crippen LogP contribution in [0, 0.1) is 6.92 Å². The molecule has 100 heavy (non-hydrogen) atoms. The summed E-state index contributed by atoms with van der Waals surface area (Å²) in [6.07, 6.45) is -5.97. The topological polar surface area (TPSA) is 598 Å². The van der Waals surface area contributed by atoms with Gasteiger partial charge >= 0.3 is 42.0 Å². The molecule has 1 fully saturated rings. The van der Waals surface area contributed by atoms with Crippen LogP contribution >= 0.6 is 44.5 Å². The van der Waals surface area contributed by atoms with Crippen molar-refractivity contribution >= 4 is 151 Å². The summed E-state index contributed by atoms with van der Waals surface area (Å²) < 4.78 is 10.2. The van der Waals surface area contributed by atoms with E-state index in [1.165, 1.54) is 11.7 Å². The summed E-state index contributed by atoms with van der Waals surface area (Å²) in [6.45, 7) is 13.8. The number of thiazole rings is 1. The molecule has 552 valence electrons. The van der Waals surface area contributed by atoms with Crippen LogP contribution in [0.25, 0.3) is 0 Å². The van der Waals surface area contributed by atoms with E-state index in [0.29, 0.717) is 71.5 Å². The molecule has 0 spiro atoms. The monoisotopic (exact) mass is 1490 g/mol. The van der Waals surface area contributed by atoms with E-state index in [9.17, 15) is 92.7 Å². The molecular weight excluding hydrogens is 1410 g/mol. The Balaban J connectivity index is 1.54. The Morgan fingerprint density at radius 3 is 1.86 bits per heavy atom. The van der Waals surface area contributed by atoms with Crippen LogP contribution in [-0.4, -0.2) is 247 Å². The molecule has 1 aliphatic rings. The zero-order chi connectivity index (χ0) is 74.8. The van der Waals surface area contributed by atoms with E-state index in [1.807, 2.05) is 16.1 Å². The van der Waals surface area contributed by atoms with Gasteiger partial charge in [-0.3, -0.25) is 62.7 Å². The lowest BCUT2D eigenvalue weighted by atomic mass is 10.1.